The molecule has 0 bridgehead atoms. The molecular formula is I2KPt. The summed E-state index contributed by atoms with van der Waals surface area (Å²) in [6.45, 7) is 0. The van der Waals surface area contributed by atoms with Gasteiger partial charge in [-0.25, -0.2) is 0 Å². The molecule has 0 saturated heterocycles. The first kappa shape index (κ1) is 10.7. The van der Waals surface area contributed by atoms with Crippen LogP contribution in [-0.2, 0) is 11.2 Å². The first-order valence-electron chi connectivity index (χ1n) is 0.239. The average molecular weight is 488 g/mol. The summed E-state index contributed by atoms with van der Waals surface area (Å²) in [4.78, 5) is 0. The Morgan fingerprint density at radius 3 is 1.25 bits per heavy atom. The molecule has 4 heavy (non-hydrogen) atoms. The number of rotatable bonds is 0. The van der Waals surface area contributed by atoms with E-state index < -0.39 is 0 Å². The quantitative estimate of drug-likeness (QED) is 0.358. The van der Waals surface area contributed by atoms with Crippen LogP contribution < -0.4 is 0 Å². The Hall–Kier alpha value is 3.78. The molecular weight excluding hydrogens is 488 g/mol. The van der Waals surface area contributed by atoms with E-state index in [-0.39, 0.29) is 51.4 Å². The molecule has 0 aromatic carbocycles. The van der Waals surface area contributed by atoms with E-state index in [2.05, 4.69) is 38.7 Å². The van der Waals surface area contributed by atoms with Crippen molar-refractivity contribution >= 4 is 90.1 Å². The van der Waals surface area contributed by atoms with Crippen LogP contribution in [0.1, 0.15) is 0 Å². The zero-order valence-corrected chi connectivity index (χ0v) is 11.8. The third-order valence-corrected chi connectivity index (χ3v) is 0. The monoisotopic (exact) mass is 488 g/mol. The van der Waals surface area contributed by atoms with Crippen LogP contribution in [0, 0.1) is 0 Å². The van der Waals surface area contributed by atoms with E-state index in [0.29, 0.717) is 11.2 Å². The van der Waals surface area contributed by atoms with E-state index in [1.54, 1.807) is 0 Å². The molecule has 0 amide bonds. The first-order valence-corrected chi connectivity index (χ1v) is 13.1. The molecule has 0 fully saturated rings. The maximum atomic E-state index is 2.39. The Balaban J connectivity index is 0. The molecule has 1 radical (unpaired) electrons. The van der Waals surface area contributed by atoms with Crippen molar-refractivity contribution in [3.8, 4) is 0 Å². The van der Waals surface area contributed by atoms with Gasteiger partial charge in [0, 0.05) is 51.4 Å². The second kappa shape index (κ2) is 9.92. The van der Waals surface area contributed by atoms with Gasteiger partial charge in [0.15, 0.2) is 0 Å². The number of hydrogen-bond acceptors (Lipinski definition) is 0. The van der Waals surface area contributed by atoms with Crippen molar-refractivity contribution in [2.45, 2.75) is 0 Å². The van der Waals surface area contributed by atoms with E-state index >= 15 is 0 Å². The summed E-state index contributed by atoms with van der Waals surface area (Å²) in [5, 5.41) is 0. The van der Waals surface area contributed by atoms with E-state index in [9.17, 15) is 0 Å². The fourth-order valence-corrected chi connectivity index (χ4v) is 0. The van der Waals surface area contributed by atoms with Crippen molar-refractivity contribution in [1.82, 2.24) is 0 Å². The van der Waals surface area contributed by atoms with Gasteiger partial charge < -0.3 is 0 Å². The van der Waals surface area contributed by atoms with E-state index in [4.69, 9.17) is 0 Å². The minimum atomic E-state index is 0. The van der Waals surface area contributed by atoms with Gasteiger partial charge in [0.25, 0.3) is 0 Å². The zero-order valence-electron chi connectivity index (χ0n) is 2.07. The maximum absolute atomic E-state index is 2.39. The predicted octanol–water partition coefficient (Wildman–Crippen LogP) is 1.39. The summed E-state index contributed by atoms with van der Waals surface area (Å²) in [5.41, 5.74) is 0. The van der Waals surface area contributed by atoms with Crippen molar-refractivity contribution in [2.24, 2.45) is 0 Å². The van der Waals surface area contributed by atoms with Gasteiger partial charge in [-0.05, 0) is 0 Å². The van der Waals surface area contributed by atoms with E-state index in [0.717, 1.165) is 0 Å². The third kappa shape index (κ3) is 9.25. The van der Waals surface area contributed by atoms with E-state index in [1.807, 2.05) is 0 Å². The minimum Gasteiger partial charge on any atom is 0 e. The third-order valence-electron chi connectivity index (χ3n) is 0. The van der Waals surface area contributed by atoms with Crippen LogP contribution in [0.2, 0.25) is 0 Å². The van der Waals surface area contributed by atoms with Crippen LogP contribution in [0.15, 0.2) is 0 Å². The van der Waals surface area contributed by atoms with Crippen LogP contribution in [0.25, 0.3) is 0 Å². The summed E-state index contributed by atoms with van der Waals surface area (Å²) < 4.78 is 0. The largest absolute Gasteiger partial charge is 0 e. The predicted molar refractivity (Wildman–Crippen MR) is 33.8 cm³/mol. The fourth-order valence-electron chi connectivity index (χ4n) is 0. The van der Waals surface area contributed by atoms with Gasteiger partial charge in [-0.15, -0.1) is 0 Å². The van der Waals surface area contributed by atoms with Gasteiger partial charge in [-0.2, -0.15) is 0 Å². The number of hydrogen-bond donors (Lipinski definition) is 0. The van der Waals surface area contributed by atoms with Crippen LogP contribution in [-0.4, -0.2) is 51.4 Å². The van der Waals surface area contributed by atoms with E-state index in [1.165, 1.54) is 0 Å². The van der Waals surface area contributed by atoms with Gasteiger partial charge in [0.05, 0.1) is 0 Å². The molecule has 4 heteroatoms. The summed E-state index contributed by atoms with van der Waals surface area (Å²) in [5.74, 6) is 0. The Bertz CT molecular complexity index is 6.00. The molecule has 0 spiro atoms. The standard InChI is InChI=1S/2HI.K.Pt/h2*1H;;/q;;;+2/p-2. The molecule has 0 N–H and O–H groups in total. The number of halogens is 2. The van der Waals surface area contributed by atoms with Gasteiger partial charge in [0.1, 0.15) is 0 Å². The van der Waals surface area contributed by atoms with Gasteiger partial charge in [-0.3, -0.25) is 0 Å². The van der Waals surface area contributed by atoms with Crippen LogP contribution in [0.4, 0.5) is 0 Å². The molecule has 0 rings (SSSR count). The molecule has 0 atom stereocenters. The second-order valence-electron chi connectivity index (χ2n) is 0.0452. The Morgan fingerprint density at radius 1 is 1.25 bits per heavy atom. The van der Waals surface area contributed by atoms with Crippen molar-refractivity contribution < 1.29 is 11.2 Å². The molecule has 25 valence electrons. The SMILES string of the molecule is [I][Pt][I].[K]. The van der Waals surface area contributed by atoms with Gasteiger partial charge in [-0.1, -0.05) is 0 Å². The van der Waals surface area contributed by atoms with Crippen molar-refractivity contribution in [3.05, 3.63) is 0 Å². The minimum absolute atomic E-state index is 0. The molecule has 0 heterocycles. The first-order chi connectivity index (χ1) is 1.41. The van der Waals surface area contributed by atoms with Crippen LogP contribution in [0.3, 0.4) is 0 Å². The average Bonchev–Trinajstić information content (AvgIpc) is 0.918. The van der Waals surface area contributed by atoms with Crippen LogP contribution >= 0.6 is 38.7 Å². The molecule has 0 aliphatic carbocycles. The molecule has 0 nitrogen and oxygen atoms in total. The fraction of sp³-hybridized carbons (Fsp3) is 0. The Kier molecular flexibility index (Phi) is 26.5. The molecule has 0 aliphatic heterocycles. The maximum Gasteiger partial charge on any atom is 0 e. The molecule has 0 saturated carbocycles. The molecule has 0 aromatic rings. The summed E-state index contributed by atoms with van der Waals surface area (Å²) in [7, 11) is 0. The van der Waals surface area contributed by atoms with Crippen molar-refractivity contribution in [3.63, 3.8) is 0 Å². The van der Waals surface area contributed by atoms with Gasteiger partial charge >= 0.3 is 49.9 Å². The van der Waals surface area contributed by atoms with Crippen LogP contribution in [0.5, 0.6) is 0 Å². The molecule has 0 aromatic heterocycles. The molecule has 0 aliphatic rings. The van der Waals surface area contributed by atoms with Crippen molar-refractivity contribution in [1.29, 1.82) is 0 Å². The Labute approximate surface area is 97.9 Å². The summed E-state index contributed by atoms with van der Waals surface area (Å²) in [6.07, 6.45) is 0. The summed E-state index contributed by atoms with van der Waals surface area (Å²) in [6, 6.07) is 0. The zero-order chi connectivity index (χ0) is 2.71. The van der Waals surface area contributed by atoms with Crippen molar-refractivity contribution in [2.75, 3.05) is 0 Å². The molecule has 0 unspecified atom stereocenters. The second-order valence-corrected chi connectivity index (χ2v) is 16.6. The van der Waals surface area contributed by atoms with Gasteiger partial charge in [0.2, 0.25) is 0 Å². The Morgan fingerprint density at radius 2 is 1.25 bits per heavy atom. The normalized spacial score (nSPS) is 5.50. The smallest absolute Gasteiger partial charge is 0 e. The topological polar surface area (TPSA) is 0 Å². The summed E-state index contributed by atoms with van der Waals surface area (Å²) >= 11 is 5.30.